The molecule has 0 bridgehead atoms. The Kier molecular flexibility index (Phi) is 5.58. The lowest BCUT2D eigenvalue weighted by atomic mass is 10.2. The minimum Gasteiger partial charge on any atom is -0.494 e. The zero-order chi connectivity index (χ0) is 18.6. The highest BCUT2D eigenvalue weighted by Gasteiger charge is 2.17. The molecule has 0 aliphatic heterocycles. The number of amides is 1. The fourth-order valence-electron chi connectivity index (χ4n) is 1.82. The maximum Gasteiger partial charge on any atom is 0.338 e. The molecular weight excluding hydrogens is 346 g/mol. The van der Waals surface area contributed by atoms with E-state index in [1.165, 1.54) is 19.2 Å². The first-order chi connectivity index (χ1) is 11.8. The Morgan fingerprint density at radius 3 is 2.36 bits per heavy atom. The zero-order valence-electron chi connectivity index (χ0n) is 12.7. The Balaban J connectivity index is 1.97. The molecule has 0 aromatic heterocycles. The van der Waals surface area contributed by atoms with Gasteiger partial charge in [0.25, 0.3) is 5.91 Å². The average Bonchev–Trinajstić information content (AvgIpc) is 2.60. The van der Waals surface area contributed by atoms with Crippen molar-refractivity contribution in [3.63, 3.8) is 0 Å². The van der Waals surface area contributed by atoms with Gasteiger partial charge in [-0.2, -0.15) is 0 Å². The first kappa shape index (κ1) is 18.2. The molecule has 0 aliphatic carbocycles. The maximum absolute atomic E-state index is 13.5. The minimum absolute atomic E-state index is 0.0805. The molecule has 0 unspecified atom stereocenters. The second-order valence-corrected chi connectivity index (χ2v) is 4.70. The van der Waals surface area contributed by atoms with E-state index in [9.17, 15) is 27.2 Å². The third kappa shape index (κ3) is 4.25. The molecule has 2 aromatic rings. The van der Waals surface area contributed by atoms with Gasteiger partial charge in [-0.25, -0.2) is 22.4 Å². The smallest absolute Gasteiger partial charge is 0.338 e. The van der Waals surface area contributed by atoms with Gasteiger partial charge in [-0.05, 0) is 30.3 Å². The van der Waals surface area contributed by atoms with E-state index in [-0.39, 0.29) is 11.3 Å². The Hall–Kier alpha value is -3.10. The number of rotatable bonds is 5. The van der Waals surface area contributed by atoms with Gasteiger partial charge in [-0.1, -0.05) is 0 Å². The van der Waals surface area contributed by atoms with Crippen molar-refractivity contribution in [3.05, 3.63) is 59.2 Å². The molecular formula is C16H11F4NO4. The van der Waals surface area contributed by atoms with Gasteiger partial charge in [0.15, 0.2) is 35.6 Å². The Morgan fingerprint density at radius 2 is 1.72 bits per heavy atom. The normalized spacial score (nSPS) is 10.3. The summed E-state index contributed by atoms with van der Waals surface area (Å²) < 4.78 is 62.1. The second kappa shape index (κ2) is 7.65. The van der Waals surface area contributed by atoms with Crippen molar-refractivity contribution in [1.29, 1.82) is 0 Å². The van der Waals surface area contributed by atoms with Crippen molar-refractivity contribution in [2.45, 2.75) is 0 Å². The van der Waals surface area contributed by atoms with Crippen molar-refractivity contribution in [3.8, 4) is 5.75 Å². The number of nitrogens with one attached hydrogen (secondary N) is 1. The quantitative estimate of drug-likeness (QED) is 0.508. The first-order valence-corrected chi connectivity index (χ1v) is 6.77. The van der Waals surface area contributed by atoms with Gasteiger partial charge in [0.05, 0.1) is 18.4 Å². The van der Waals surface area contributed by atoms with E-state index >= 15 is 0 Å². The molecule has 0 aliphatic rings. The summed E-state index contributed by atoms with van der Waals surface area (Å²) in [5.74, 6) is -7.63. The number of anilines is 1. The van der Waals surface area contributed by atoms with Gasteiger partial charge in [0, 0.05) is 0 Å². The first-order valence-electron chi connectivity index (χ1n) is 6.77. The van der Waals surface area contributed by atoms with Crippen molar-refractivity contribution < 1.29 is 36.6 Å². The van der Waals surface area contributed by atoms with E-state index < -0.39 is 47.4 Å². The van der Waals surface area contributed by atoms with E-state index in [2.05, 4.69) is 9.47 Å². The van der Waals surface area contributed by atoms with E-state index in [4.69, 9.17) is 0 Å². The monoisotopic (exact) mass is 357 g/mol. The van der Waals surface area contributed by atoms with Crippen LogP contribution in [0.1, 0.15) is 10.4 Å². The lowest BCUT2D eigenvalue weighted by Crippen LogP contribution is -2.21. The van der Waals surface area contributed by atoms with Gasteiger partial charge >= 0.3 is 5.97 Å². The summed E-state index contributed by atoms with van der Waals surface area (Å²) in [5, 5.41) is 1.92. The topological polar surface area (TPSA) is 64.6 Å². The lowest BCUT2D eigenvalue weighted by molar-refractivity contribution is -0.119. The van der Waals surface area contributed by atoms with Crippen LogP contribution in [0.25, 0.3) is 0 Å². The van der Waals surface area contributed by atoms with Crippen molar-refractivity contribution in [2.75, 3.05) is 19.0 Å². The zero-order valence-corrected chi connectivity index (χ0v) is 12.7. The van der Waals surface area contributed by atoms with E-state index in [1.807, 2.05) is 5.32 Å². The van der Waals surface area contributed by atoms with E-state index in [1.54, 1.807) is 0 Å². The summed E-state index contributed by atoms with van der Waals surface area (Å²) >= 11 is 0. The number of hydrogen-bond acceptors (Lipinski definition) is 4. The Bertz CT molecular complexity index is 826. The highest BCUT2D eigenvalue weighted by atomic mass is 19.2. The molecule has 1 N–H and O–H groups in total. The number of halogens is 4. The predicted octanol–water partition coefficient (Wildman–Crippen LogP) is 3.05. The Morgan fingerprint density at radius 1 is 1.00 bits per heavy atom. The summed E-state index contributed by atoms with van der Waals surface area (Å²) in [5.41, 5.74) is -0.791. The highest BCUT2D eigenvalue weighted by molar-refractivity contribution is 5.95. The summed E-state index contributed by atoms with van der Waals surface area (Å²) in [6, 6.07) is 4.71. The molecule has 9 heteroatoms. The van der Waals surface area contributed by atoms with Crippen LogP contribution < -0.4 is 10.1 Å². The molecule has 1 amide bonds. The molecule has 5 nitrogen and oxygen atoms in total. The molecule has 2 rings (SSSR count). The lowest BCUT2D eigenvalue weighted by Gasteiger charge is -2.09. The SMILES string of the molecule is COc1ccc(C(=O)OCC(=O)Nc2ccc(F)c(F)c2F)cc1F. The van der Waals surface area contributed by atoms with E-state index in [0.29, 0.717) is 6.07 Å². The van der Waals surface area contributed by atoms with Crippen LogP contribution in [-0.2, 0) is 9.53 Å². The van der Waals surface area contributed by atoms with Crippen LogP contribution in [0, 0.1) is 23.3 Å². The van der Waals surface area contributed by atoms with Crippen molar-refractivity contribution in [1.82, 2.24) is 0 Å². The largest absolute Gasteiger partial charge is 0.494 e. The standard InChI is InChI=1S/C16H11F4NO4/c1-24-12-5-2-8(6-10(12)18)16(23)25-7-13(22)21-11-4-3-9(17)14(19)15(11)20/h2-6H,7H2,1H3,(H,21,22). The summed E-state index contributed by atoms with van der Waals surface area (Å²) in [4.78, 5) is 23.3. The number of carbonyl (C=O) groups excluding carboxylic acids is 2. The summed E-state index contributed by atoms with van der Waals surface area (Å²) in [7, 11) is 1.25. The third-order valence-electron chi connectivity index (χ3n) is 3.03. The van der Waals surface area contributed by atoms with Crippen molar-refractivity contribution in [2.24, 2.45) is 0 Å². The average molecular weight is 357 g/mol. The molecule has 0 spiro atoms. The summed E-state index contributed by atoms with van der Waals surface area (Å²) in [6.45, 7) is -0.842. The number of methoxy groups -OCH3 is 1. The fourth-order valence-corrected chi connectivity index (χ4v) is 1.82. The van der Waals surface area contributed by atoms with Crippen LogP contribution in [0.15, 0.2) is 30.3 Å². The van der Waals surface area contributed by atoms with Crippen LogP contribution in [0.2, 0.25) is 0 Å². The molecule has 0 radical (unpaired) electrons. The highest BCUT2D eigenvalue weighted by Crippen LogP contribution is 2.20. The molecule has 2 aromatic carbocycles. The third-order valence-corrected chi connectivity index (χ3v) is 3.03. The predicted molar refractivity (Wildman–Crippen MR) is 78.2 cm³/mol. The molecule has 0 saturated carbocycles. The van der Waals surface area contributed by atoms with E-state index in [0.717, 1.165) is 12.1 Å². The van der Waals surface area contributed by atoms with Gasteiger partial charge in [0.2, 0.25) is 0 Å². The van der Waals surface area contributed by atoms with Crippen LogP contribution >= 0.6 is 0 Å². The fraction of sp³-hybridized carbons (Fsp3) is 0.125. The molecule has 25 heavy (non-hydrogen) atoms. The van der Waals surface area contributed by atoms with Gasteiger partial charge in [-0.3, -0.25) is 4.79 Å². The molecule has 0 saturated heterocycles. The molecule has 132 valence electrons. The van der Waals surface area contributed by atoms with Crippen LogP contribution in [0.5, 0.6) is 5.75 Å². The molecule has 0 heterocycles. The minimum atomic E-state index is -1.75. The number of hydrogen-bond donors (Lipinski definition) is 1. The molecule has 0 atom stereocenters. The Labute approximate surface area is 139 Å². The number of esters is 1. The van der Waals surface area contributed by atoms with Crippen LogP contribution in [0.4, 0.5) is 23.2 Å². The number of benzene rings is 2. The summed E-state index contributed by atoms with van der Waals surface area (Å²) in [6.07, 6.45) is 0. The van der Waals surface area contributed by atoms with Crippen molar-refractivity contribution >= 4 is 17.6 Å². The van der Waals surface area contributed by atoms with Gasteiger partial charge in [-0.15, -0.1) is 0 Å². The van der Waals surface area contributed by atoms with Gasteiger partial charge in [0.1, 0.15) is 0 Å². The second-order valence-electron chi connectivity index (χ2n) is 4.70. The van der Waals surface area contributed by atoms with Gasteiger partial charge < -0.3 is 14.8 Å². The maximum atomic E-state index is 13.5. The number of carbonyl (C=O) groups is 2. The van der Waals surface area contributed by atoms with Crippen LogP contribution in [-0.4, -0.2) is 25.6 Å². The molecule has 0 fully saturated rings. The number of ether oxygens (including phenoxy) is 2. The van der Waals surface area contributed by atoms with Crippen LogP contribution in [0.3, 0.4) is 0 Å².